The zero-order valence-electron chi connectivity index (χ0n) is 14.0. The van der Waals surface area contributed by atoms with Crippen LogP contribution in [0, 0.1) is 0 Å². The van der Waals surface area contributed by atoms with E-state index in [0.29, 0.717) is 0 Å². The topological polar surface area (TPSA) is 55.4 Å². The number of rotatable bonds is 4. The summed E-state index contributed by atoms with van der Waals surface area (Å²) < 4.78 is 5.44. The van der Waals surface area contributed by atoms with Gasteiger partial charge < -0.3 is 10.1 Å². The van der Waals surface area contributed by atoms with Crippen LogP contribution in [-0.4, -0.2) is 17.1 Å². The zero-order valence-corrected chi connectivity index (χ0v) is 14.8. The summed E-state index contributed by atoms with van der Waals surface area (Å²) in [5, 5.41) is 4.56. The average Bonchev–Trinajstić information content (AvgIpc) is 2.67. The molecule has 1 aliphatic rings. The molecule has 0 fully saturated rings. The van der Waals surface area contributed by atoms with Crippen molar-refractivity contribution in [3.05, 3.63) is 72.3 Å². The monoisotopic (exact) mass is 363 g/mol. The van der Waals surface area contributed by atoms with Crippen molar-refractivity contribution in [2.24, 2.45) is 0 Å². The third kappa shape index (κ3) is 3.44. The molecule has 130 valence electrons. The van der Waals surface area contributed by atoms with Gasteiger partial charge in [-0.05, 0) is 28.5 Å². The van der Waals surface area contributed by atoms with E-state index in [4.69, 9.17) is 4.74 Å². The number of carbonyl (C=O) groups is 2. The van der Waals surface area contributed by atoms with Gasteiger partial charge >= 0.3 is 5.97 Å². The highest BCUT2D eigenvalue weighted by Gasteiger charge is 2.29. The molecule has 26 heavy (non-hydrogen) atoms. The van der Waals surface area contributed by atoms with Gasteiger partial charge in [0.15, 0.2) is 0 Å². The number of fused-ring (bicyclic) bond motifs is 2. The maximum absolute atomic E-state index is 12.3. The molecule has 4 nitrogen and oxygen atoms in total. The number of benzene rings is 3. The van der Waals surface area contributed by atoms with Crippen LogP contribution in [0.5, 0.6) is 0 Å². The number of hydrogen-bond acceptors (Lipinski definition) is 4. The lowest BCUT2D eigenvalue weighted by Gasteiger charge is -2.23. The minimum Gasteiger partial charge on any atom is -0.461 e. The third-order valence-corrected chi connectivity index (χ3v) is 5.60. The second-order valence-electron chi connectivity index (χ2n) is 6.09. The van der Waals surface area contributed by atoms with Crippen molar-refractivity contribution in [1.82, 2.24) is 0 Å². The number of para-hydroxylation sites is 1. The van der Waals surface area contributed by atoms with Crippen LogP contribution in [0.4, 0.5) is 5.69 Å². The fourth-order valence-electron chi connectivity index (χ4n) is 3.01. The molecule has 1 amide bonds. The Labute approximate surface area is 155 Å². The van der Waals surface area contributed by atoms with Gasteiger partial charge in [0.2, 0.25) is 5.91 Å². The highest BCUT2D eigenvalue weighted by Crippen LogP contribution is 2.36. The Kier molecular flexibility index (Phi) is 4.63. The van der Waals surface area contributed by atoms with E-state index >= 15 is 0 Å². The highest BCUT2D eigenvalue weighted by atomic mass is 32.2. The van der Waals surface area contributed by atoms with E-state index in [-0.39, 0.29) is 24.9 Å². The van der Waals surface area contributed by atoms with Gasteiger partial charge in [0.1, 0.15) is 6.61 Å². The minimum absolute atomic E-state index is 0.0512. The molecule has 1 heterocycles. The molecule has 0 saturated heterocycles. The molecule has 0 aromatic heterocycles. The van der Waals surface area contributed by atoms with Gasteiger partial charge in [-0.2, -0.15) is 0 Å². The molecule has 3 aromatic carbocycles. The van der Waals surface area contributed by atoms with Crippen LogP contribution < -0.4 is 5.32 Å². The summed E-state index contributed by atoms with van der Waals surface area (Å²) in [6.07, 6.45) is 0.0512. The molecule has 0 saturated carbocycles. The predicted octanol–water partition coefficient (Wildman–Crippen LogP) is 4.39. The lowest BCUT2D eigenvalue weighted by Crippen LogP contribution is -2.31. The summed E-state index contributed by atoms with van der Waals surface area (Å²) in [6, 6.07) is 21.5. The number of carbonyl (C=O) groups excluding carboxylic acids is 2. The maximum atomic E-state index is 12.3. The number of anilines is 1. The number of thioether (sulfide) groups is 1. The Bertz CT molecular complexity index is 980. The third-order valence-electron chi connectivity index (χ3n) is 4.33. The standard InChI is InChI=1S/C21H17NO3S/c23-20(12-19-21(24)22-17-10-3-4-11-18(17)26-19)25-13-15-8-5-7-14-6-1-2-9-16(14)15/h1-11,19H,12-13H2,(H,22,24)/t19-/m1/s1. The van der Waals surface area contributed by atoms with Gasteiger partial charge in [-0.1, -0.05) is 54.6 Å². The molecule has 0 aliphatic carbocycles. The summed E-state index contributed by atoms with van der Waals surface area (Å²) in [7, 11) is 0. The van der Waals surface area contributed by atoms with E-state index in [1.54, 1.807) is 0 Å². The van der Waals surface area contributed by atoms with Crippen LogP contribution in [0.1, 0.15) is 12.0 Å². The van der Waals surface area contributed by atoms with Crippen LogP contribution in [0.15, 0.2) is 71.6 Å². The summed E-state index contributed by atoms with van der Waals surface area (Å²) >= 11 is 1.40. The predicted molar refractivity (Wildman–Crippen MR) is 103 cm³/mol. The van der Waals surface area contributed by atoms with Crippen LogP contribution in [-0.2, 0) is 20.9 Å². The Morgan fingerprint density at radius 3 is 2.69 bits per heavy atom. The molecule has 1 atom stereocenters. The van der Waals surface area contributed by atoms with Crippen LogP contribution in [0.3, 0.4) is 0 Å². The average molecular weight is 363 g/mol. The summed E-state index contributed by atoms with van der Waals surface area (Å²) in [4.78, 5) is 25.4. The molecular formula is C21H17NO3S. The van der Waals surface area contributed by atoms with E-state index in [9.17, 15) is 9.59 Å². The van der Waals surface area contributed by atoms with Gasteiger partial charge in [0, 0.05) is 4.90 Å². The van der Waals surface area contributed by atoms with Gasteiger partial charge in [0.25, 0.3) is 0 Å². The molecule has 1 aliphatic heterocycles. The van der Waals surface area contributed by atoms with Gasteiger partial charge in [0.05, 0.1) is 17.4 Å². The normalized spacial score (nSPS) is 16.0. The van der Waals surface area contributed by atoms with Crippen LogP contribution in [0.25, 0.3) is 10.8 Å². The molecule has 3 aromatic rings. The van der Waals surface area contributed by atoms with Gasteiger partial charge in [-0.3, -0.25) is 9.59 Å². The van der Waals surface area contributed by atoms with Crippen molar-refractivity contribution >= 4 is 40.1 Å². The number of nitrogens with one attached hydrogen (secondary N) is 1. The molecule has 0 unspecified atom stereocenters. The first-order valence-electron chi connectivity index (χ1n) is 8.39. The molecule has 0 bridgehead atoms. The molecular weight excluding hydrogens is 346 g/mol. The summed E-state index contributed by atoms with van der Waals surface area (Å²) in [5.74, 6) is -0.527. The highest BCUT2D eigenvalue weighted by molar-refractivity contribution is 8.01. The van der Waals surface area contributed by atoms with Crippen molar-refractivity contribution in [3.63, 3.8) is 0 Å². The number of esters is 1. The fourth-order valence-corrected chi connectivity index (χ4v) is 4.11. The molecule has 1 N–H and O–H groups in total. The quantitative estimate of drug-likeness (QED) is 0.699. The van der Waals surface area contributed by atoms with Crippen molar-refractivity contribution in [2.45, 2.75) is 23.2 Å². The largest absolute Gasteiger partial charge is 0.461 e. The van der Waals surface area contributed by atoms with E-state index in [1.807, 2.05) is 66.7 Å². The number of ether oxygens (including phenoxy) is 1. The van der Waals surface area contributed by atoms with Crippen molar-refractivity contribution in [2.75, 3.05) is 5.32 Å². The van der Waals surface area contributed by atoms with Crippen molar-refractivity contribution < 1.29 is 14.3 Å². The molecule has 4 rings (SSSR count). The minimum atomic E-state index is -0.468. The van der Waals surface area contributed by atoms with E-state index in [2.05, 4.69) is 5.32 Å². The fraction of sp³-hybridized carbons (Fsp3) is 0.143. The first-order chi connectivity index (χ1) is 12.7. The Morgan fingerprint density at radius 2 is 1.77 bits per heavy atom. The SMILES string of the molecule is O=C(C[C@H]1Sc2ccccc2NC1=O)OCc1cccc2ccccc12. The second kappa shape index (κ2) is 7.22. The first kappa shape index (κ1) is 16.7. The summed E-state index contributed by atoms with van der Waals surface area (Å²) in [6.45, 7) is 0.204. The van der Waals surface area contributed by atoms with E-state index in [0.717, 1.165) is 26.9 Å². The Morgan fingerprint density at radius 1 is 1.00 bits per heavy atom. The van der Waals surface area contributed by atoms with E-state index in [1.165, 1.54) is 11.8 Å². The Hall–Kier alpha value is -2.79. The van der Waals surface area contributed by atoms with Gasteiger partial charge in [-0.15, -0.1) is 11.8 Å². The van der Waals surface area contributed by atoms with Crippen LogP contribution >= 0.6 is 11.8 Å². The van der Waals surface area contributed by atoms with E-state index < -0.39 is 5.25 Å². The maximum Gasteiger partial charge on any atom is 0.307 e. The molecule has 0 radical (unpaired) electrons. The molecule has 0 spiro atoms. The Balaban J connectivity index is 1.41. The number of hydrogen-bond donors (Lipinski definition) is 1. The summed E-state index contributed by atoms with van der Waals surface area (Å²) in [5.41, 5.74) is 1.76. The van der Waals surface area contributed by atoms with Crippen molar-refractivity contribution in [1.29, 1.82) is 0 Å². The zero-order chi connectivity index (χ0) is 17.9. The number of amides is 1. The molecule has 5 heteroatoms. The second-order valence-corrected chi connectivity index (χ2v) is 7.34. The van der Waals surface area contributed by atoms with Crippen molar-refractivity contribution in [3.8, 4) is 0 Å². The lowest BCUT2D eigenvalue weighted by atomic mass is 10.1. The van der Waals surface area contributed by atoms with Gasteiger partial charge in [-0.25, -0.2) is 0 Å². The lowest BCUT2D eigenvalue weighted by molar-refractivity contribution is -0.145. The van der Waals surface area contributed by atoms with Crippen LogP contribution in [0.2, 0.25) is 0 Å². The first-order valence-corrected chi connectivity index (χ1v) is 9.27. The smallest absolute Gasteiger partial charge is 0.307 e.